The Morgan fingerprint density at radius 3 is 2.13 bits per heavy atom. The van der Waals surface area contributed by atoms with Gasteiger partial charge in [-0.15, -0.1) is 0 Å². The number of nitrogens with zero attached hydrogens (tertiary/aromatic N) is 2. The molecule has 8 heteroatoms. The molecule has 0 aliphatic carbocycles. The van der Waals surface area contributed by atoms with Gasteiger partial charge in [0.2, 0.25) is 5.91 Å². The molecule has 0 aromatic heterocycles. The highest BCUT2D eigenvalue weighted by molar-refractivity contribution is 5.92. The Labute approximate surface area is 183 Å². The van der Waals surface area contributed by atoms with Crippen molar-refractivity contribution in [2.75, 3.05) is 72.5 Å². The molecule has 31 heavy (non-hydrogen) atoms. The molecule has 8 nitrogen and oxygen atoms in total. The monoisotopic (exact) mass is 429 g/mol. The molecule has 2 aromatic carbocycles. The second-order valence-electron chi connectivity index (χ2n) is 7.26. The van der Waals surface area contributed by atoms with Crippen LogP contribution in [0.4, 0.5) is 5.69 Å². The summed E-state index contributed by atoms with van der Waals surface area (Å²) >= 11 is 0. The molecule has 168 valence electrons. The summed E-state index contributed by atoms with van der Waals surface area (Å²) in [7, 11) is 4.81. The highest BCUT2D eigenvalue weighted by Crippen LogP contribution is 2.29. The van der Waals surface area contributed by atoms with Crippen LogP contribution in [-0.4, -0.2) is 82.9 Å². The average molecular weight is 430 g/mol. The van der Waals surface area contributed by atoms with Gasteiger partial charge < -0.3 is 24.3 Å². The van der Waals surface area contributed by atoms with Crippen molar-refractivity contribution in [2.24, 2.45) is 0 Å². The minimum Gasteiger partial charge on any atom is -0.497 e. The van der Waals surface area contributed by atoms with Crippen LogP contribution in [0.5, 0.6) is 23.0 Å². The van der Waals surface area contributed by atoms with Gasteiger partial charge in [0.15, 0.2) is 11.5 Å². The molecular formula is C23H31N3O5. The van der Waals surface area contributed by atoms with E-state index >= 15 is 0 Å². The third-order valence-corrected chi connectivity index (χ3v) is 5.24. The lowest BCUT2D eigenvalue weighted by molar-refractivity contribution is -0.117. The predicted octanol–water partition coefficient (Wildman–Crippen LogP) is 2.35. The average Bonchev–Trinajstić information content (AvgIpc) is 2.80. The minimum atomic E-state index is -0.0384. The number of methoxy groups -OCH3 is 3. The van der Waals surface area contributed by atoms with E-state index in [0.717, 1.165) is 44.2 Å². The number of benzene rings is 2. The van der Waals surface area contributed by atoms with E-state index in [9.17, 15) is 4.79 Å². The Bertz CT molecular complexity index is 836. The van der Waals surface area contributed by atoms with Crippen molar-refractivity contribution >= 4 is 11.6 Å². The Hall–Kier alpha value is -2.97. The number of amides is 1. The van der Waals surface area contributed by atoms with E-state index in [0.29, 0.717) is 30.3 Å². The topological polar surface area (TPSA) is 72.5 Å². The van der Waals surface area contributed by atoms with E-state index in [1.165, 1.54) is 0 Å². The van der Waals surface area contributed by atoms with E-state index in [-0.39, 0.29) is 5.91 Å². The van der Waals surface area contributed by atoms with Gasteiger partial charge in [0.25, 0.3) is 0 Å². The number of piperazine rings is 1. The molecule has 1 fully saturated rings. The molecule has 2 aromatic rings. The standard InChI is InChI=1S/C23H31N3O5/c1-28-19-5-7-20(8-6-19)31-15-14-25-10-12-26(13-11-25)17-23(27)24-18-4-9-21(29-2)22(16-18)30-3/h4-9,16H,10-15,17H2,1-3H3,(H,24,27). The van der Waals surface area contributed by atoms with Crippen molar-refractivity contribution in [2.45, 2.75) is 0 Å². The van der Waals surface area contributed by atoms with Crippen LogP contribution in [0, 0.1) is 0 Å². The van der Waals surface area contributed by atoms with E-state index in [2.05, 4.69) is 15.1 Å². The van der Waals surface area contributed by atoms with Gasteiger partial charge in [-0.1, -0.05) is 0 Å². The molecule has 3 rings (SSSR count). The summed E-state index contributed by atoms with van der Waals surface area (Å²) in [6.07, 6.45) is 0. The molecule has 0 atom stereocenters. The van der Waals surface area contributed by atoms with Gasteiger partial charge in [0, 0.05) is 44.5 Å². The van der Waals surface area contributed by atoms with E-state index in [4.69, 9.17) is 18.9 Å². The fraction of sp³-hybridized carbons (Fsp3) is 0.435. The molecular weight excluding hydrogens is 398 g/mol. The first-order valence-electron chi connectivity index (χ1n) is 10.3. The molecule has 0 radical (unpaired) electrons. The first-order valence-corrected chi connectivity index (χ1v) is 10.3. The van der Waals surface area contributed by atoms with Gasteiger partial charge in [-0.2, -0.15) is 0 Å². The number of anilines is 1. The third kappa shape index (κ3) is 6.77. The smallest absolute Gasteiger partial charge is 0.238 e. The lowest BCUT2D eigenvalue weighted by Gasteiger charge is -2.34. The summed E-state index contributed by atoms with van der Waals surface area (Å²) < 4.78 is 21.5. The zero-order valence-corrected chi connectivity index (χ0v) is 18.4. The summed E-state index contributed by atoms with van der Waals surface area (Å²) in [6, 6.07) is 12.9. The van der Waals surface area contributed by atoms with Crippen molar-refractivity contribution < 1.29 is 23.7 Å². The van der Waals surface area contributed by atoms with Gasteiger partial charge in [0.1, 0.15) is 18.1 Å². The van der Waals surface area contributed by atoms with Crippen LogP contribution in [0.25, 0.3) is 0 Å². The first-order chi connectivity index (χ1) is 15.1. The SMILES string of the molecule is COc1ccc(OCCN2CCN(CC(=O)Nc3ccc(OC)c(OC)c3)CC2)cc1. The lowest BCUT2D eigenvalue weighted by atomic mass is 10.2. The van der Waals surface area contributed by atoms with Crippen molar-refractivity contribution in [3.8, 4) is 23.0 Å². The maximum absolute atomic E-state index is 12.4. The van der Waals surface area contributed by atoms with Crippen LogP contribution in [0.15, 0.2) is 42.5 Å². The molecule has 1 aliphatic heterocycles. The second kappa shape index (κ2) is 11.4. The summed E-state index contributed by atoms with van der Waals surface area (Å²) in [5.74, 6) is 2.84. The number of hydrogen-bond donors (Lipinski definition) is 1. The number of ether oxygens (including phenoxy) is 4. The third-order valence-electron chi connectivity index (χ3n) is 5.24. The van der Waals surface area contributed by atoms with Crippen LogP contribution in [0.2, 0.25) is 0 Å². The Kier molecular flexibility index (Phi) is 8.37. The Morgan fingerprint density at radius 1 is 0.839 bits per heavy atom. The number of nitrogens with one attached hydrogen (secondary N) is 1. The number of hydrogen-bond acceptors (Lipinski definition) is 7. The second-order valence-corrected chi connectivity index (χ2v) is 7.26. The minimum absolute atomic E-state index is 0.0384. The van der Waals surface area contributed by atoms with Crippen LogP contribution >= 0.6 is 0 Å². The van der Waals surface area contributed by atoms with Gasteiger partial charge in [-0.25, -0.2) is 0 Å². The summed E-state index contributed by atoms with van der Waals surface area (Å²) in [5.41, 5.74) is 0.692. The summed E-state index contributed by atoms with van der Waals surface area (Å²) in [6.45, 7) is 5.38. The highest BCUT2D eigenvalue weighted by atomic mass is 16.5. The normalized spacial score (nSPS) is 14.7. The largest absolute Gasteiger partial charge is 0.497 e. The molecule has 0 unspecified atom stereocenters. The van der Waals surface area contributed by atoms with Gasteiger partial charge in [0.05, 0.1) is 27.9 Å². The number of carbonyl (C=O) groups is 1. The quantitative estimate of drug-likeness (QED) is 0.622. The molecule has 1 aliphatic rings. The molecule has 0 spiro atoms. The molecule has 1 N–H and O–H groups in total. The lowest BCUT2D eigenvalue weighted by Crippen LogP contribution is -2.49. The van der Waals surface area contributed by atoms with Crippen LogP contribution < -0.4 is 24.3 Å². The van der Waals surface area contributed by atoms with Crippen LogP contribution in [0.3, 0.4) is 0 Å². The van der Waals surface area contributed by atoms with Crippen molar-refractivity contribution in [1.82, 2.24) is 9.80 Å². The molecule has 0 bridgehead atoms. The van der Waals surface area contributed by atoms with Crippen LogP contribution in [0.1, 0.15) is 0 Å². The Balaban J connectivity index is 1.36. The van der Waals surface area contributed by atoms with E-state index in [1.54, 1.807) is 39.5 Å². The Morgan fingerprint density at radius 2 is 1.48 bits per heavy atom. The molecule has 1 heterocycles. The summed E-state index contributed by atoms with van der Waals surface area (Å²) in [4.78, 5) is 16.9. The highest BCUT2D eigenvalue weighted by Gasteiger charge is 2.19. The zero-order valence-electron chi connectivity index (χ0n) is 18.4. The fourth-order valence-electron chi connectivity index (χ4n) is 3.45. The van der Waals surface area contributed by atoms with Crippen molar-refractivity contribution in [3.63, 3.8) is 0 Å². The fourth-order valence-corrected chi connectivity index (χ4v) is 3.45. The molecule has 0 saturated carbocycles. The van der Waals surface area contributed by atoms with Gasteiger partial charge in [-0.05, 0) is 36.4 Å². The van der Waals surface area contributed by atoms with Gasteiger partial charge in [-0.3, -0.25) is 14.6 Å². The molecule has 1 amide bonds. The zero-order chi connectivity index (χ0) is 22.1. The number of carbonyl (C=O) groups excluding carboxylic acids is 1. The first kappa shape index (κ1) is 22.7. The van der Waals surface area contributed by atoms with Gasteiger partial charge >= 0.3 is 0 Å². The van der Waals surface area contributed by atoms with Crippen LogP contribution in [-0.2, 0) is 4.79 Å². The van der Waals surface area contributed by atoms with E-state index in [1.807, 2.05) is 24.3 Å². The van der Waals surface area contributed by atoms with Crippen molar-refractivity contribution in [1.29, 1.82) is 0 Å². The maximum atomic E-state index is 12.4. The maximum Gasteiger partial charge on any atom is 0.238 e. The molecule has 1 saturated heterocycles. The predicted molar refractivity (Wildman–Crippen MR) is 120 cm³/mol. The summed E-state index contributed by atoms with van der Waals surface area (Å²) in [5, 5.41) is 2.93. The van der Waals surface area contributed by atoms with Crippen molar-refractivity contribution in [3.05, 3.63) is 42.5 Å². The van der Waals surface area contributed by atoms with E-state index < -0.39 is 0 Å². The number of rotatable bonds is 10.